The number of rotatable bonds is 0. The number of alkyl halides is 2. The summed E-state index contributed by atoms with van der Waals surface area (Å²) in [5.74, 6) is 2.43. The first-order valence-corrected chi connectivity index (χ1v) is 9.73. The second-order valence-corrected chi connectivity index (χ2v) is 9.65. The molecular weight excluding hydrogens is 319 g/mol. The van der Waals surface area contributed by atoms with Crippen molar-refractivity contribution in [3.05, 3.63) is 0 Å². The van der Waals surface area contributed by atoms with Crippen molar-refractivity contribution >= 4 is 29.0 Å². The van der Waals surface area contributed by atoms with Gasteiger partial charge in [-0.1, -0.05) is 6.92 Å². The van der Waals surface area contributed by atoms with E-state index in [1.54, 1.807) is 0 Å². The lowest BCUT2D eigenvalue weighted by atomic mass is 9.50. The Balaban J connectivity index is 1.64. The zero-order valence-electron chi connectivity index (χ0n) is 13.2. The Morgan fingerprint density at radius 2 is 1.73 bits per heavy atom. The molecule has 22 heavy (non-hydrogen) atoms. The lowest BCUT2D eigenvalue weighted by Gasteiger charge is -2.58. The fourth-order valence-corrected chi connectivity index (χ4v) is 7.48. The Bertz CT molecular complexity index is 495. The average Bonchev–Trinajstić information content (AvgIpc) is 2.80. The Hall–Kier alpha value is 0.210. The fraction of sp³-hybridized carbons (Fsp3) is 0.944. The van der Waals surface area contributed by atoms with Gasteiger partial charge >= 0.3 is 0 Å². The normalized spacial score (nSPS) is 57.9. The molecule has 4 saturated carbocycles. The third kappa shape index (κ3) is 1.93. The standard InChI is InChI=1S/C18H26Cl2O2/c1-17-8-6-11-10(12(17)3-5-15(17)22)7-9-18(20)13(11)2-4-14(21)16(18)19/h10-13,15-16,22H,2-9H2,1H3/t10-,11+,12+,13-,15+,16+,17+,18+/m1/s1. The van der Waals surface area contributed by atoms with Gasteiger partial charge in [0.1, 0.15) is 5.38 Å². The van der Waals surface area contributed by atoms with Gasteiger partial charge in [-0.25, -0.2) is 0 Å². The number of carbonyl (C=O) groups is 1. The van der Waals surface area contributed by atoms with Crippen LogP contribution in [0.15, 0.2) is 0 Å². The number of ketones is 1. The van der Waals surface area contributed by atoms with Crippen LogP contribution in [0, 0.1) is 29.1 Å². The number of aliphatic hydroxyl groups excluding tert-OH is 1. The van der Waals surface area contributed by atoms with Crippen LogP contribution < -0.4 is 0 Å². The number of carbonyl (C=O) groups excluding carboxylic acids is 1. The van der Waals surface area contributed by atoms with Crippen molar-refractivity contribution in [2.24, 2.45) is 29.1 Å². The Kier molecular flexibility index (Phi) is 3.65. The molecule has 0 saturated heterocycles. The molecule has 8 atom stereocenters. The van der Waals surface area contributed by atoms with Crippen molar-refractivity contribution in [3.63, 3.8) is 0 Å². The Labute approximate surface area is 142 Å². The number of aliphatic hydroxyl groups is 1. The second kappa shape index (κ2) is 5.10. The lowest BCUT2D eigenvalue weighted by Crippen LogP contribution is -2.58. The molecule has 0 aromatic rings. The molecule has 2 nitrogen and oxygen atoms in total. The van der Waals surface area contributed by atoms with E-state index in [1.807, 2.05) is 0 Å². The molecule has 4 heteroatoms. The summed E-state index contributed by atoms with van der Waals surface area (Å²) in [6, 6.07) is 0. The minimum absolute atomic E-state index is 0.109. The summed E-state index contributed by atoms with van der Waals surface area (Å²) in [5, 5.41) is 9.94. The van der Waals surface area contributed by atoms with Crippen LogP contribution in [0.25, 0.3) is 0 Å². The molecule has 1 N–H and O–H groups in total. The molecule has 0 radical (unpaired) electrons. The minimum atomic E-state index is -0.511. The predicted octanol–water partition coefficient (Wildman–Crippen LogP) is 4.15. The topological polar surface area (TPSA) is 37.3 Å². The van der Waals surface area contributed by atoms with Crippen LogP contribution in [0.5, 0.6) is 0 Å². The summed E-state index contributed by atoms with van der Waals surface area (Å²) < 4.78 is 0. The van der Waals surface area contributed by atoms with Gasteiger partial charge in [0.25, 0.3) is 0 Å². The quantitative estimate of drug-likeness (QED) is 0.670. The molecule has 0 aromatic heterocycles. The van der Waals surface area contributed by atoms with E-state index < -0.39 is 10.3 Å². The van der Waals surface area contributed by atoms with Crippen molar-refractivity contribution < 1.29 is 9.90 Å². The molecule has 4 aliphatic rings. The number of Topliss-reactive ketones (excluding diaryl/α,β-unsaturated/α-hetero) is 1. The van der Waals surface area contributed by atoms with Crippen molar-refractivity contribution in [1.82, 2.24) is 0 Å². The molecular formula is C18H26Cl2O2. The van der Waals surface area contributed by atoms with E-state index in [4.69, 9.17) is 23.2 Å². The van der Waals surface area contributed by atoms with Gasteiger partial charge in [-0.05, 0) is 74.0 Å². The maximum absolute atomic E-state index is 12.0. The Morgan fingerprint density at radius 1 is 1.05 bits per heavy atom. The molecule has 0 aliphatic heterocycles. The highest BCUT2D eigenvalue weighted by atomic mass is 35.5. The molecule has 0 aromatic carbocycles. The van der Waals surface area contributed by atoms with E-state index in [-0.39, 0.29) is 17.3 Å². The minimum Gasteiger partial charge on any atom is -0.393 e. The molecule has 4 fully saturated rings. The van der Waals surface area contributed by atoms with E-state index in [0.717, 1.165) is 44.9 Å². The summed E-state index contributed by atoms with van der Waals surface area (Å²) in [7, 11) is 0. The smallest absolute Gasteiger partial charge is 0.152 e. The molecule has 0 heterocycles. The van der Waals surface area contributed by atoms with Gasteiger partial charge in [0.2, 0.25) is 0 Å². The summed E-state index contributed by atoms with van der Waals surface area (Å²) in [6.07, 6.45) is 7.68. The monoisotopic (exact) mass is 344 g/mol. The van der Waals surface area contributed by atoms with Crippen LogP contribution in [0.3, 0.4) is 0 Å². The molecule has 0 spiro atoms. The van der Waals surface area contributed by atoms with Gasteiger partial charge < -0.3 is 5.11 Å². The molecule has 4 aliphatic carbocycles. The van der Waals surface area contributed by atoms with E-state index in [2.05, 4.69) is 6.92 Å². The van der Waals surface area contributed by atoms with E-state index >= 15 is 0 Å². The second-order valence-electron chi connectivity index (χ2n) is 8.51. The van der Waals surface area contributed by atoms with Crippen LogP contribution in [-0.2, 0) is 4.79 Å². The molecule has 0 amide bonds. The molecule has 0 unspecified atom stereocenters. The zero-order valence-corrected chi connectivity index (χ0v) is 14.7. The van der Waals surface area contributed by atoms with Crippen LogP contribution in [0.2, 0.25) is 0 Å². The van der Waals surface area contributed by atoms with Gasteiger partial charge in [-0.15, -0.1) is 23.2 Å². The van der Waals surface area contributed by atoms with Gasteiger partial charge in [-0.2, -0.15) is 0 Å². The summed E-state index contributed by atoms with van der Waals surface area (Å²) in [5.41, 5.74) is 0.109. The third-order valence-corrected chi connectivity index (χ3v) is 9.27. The van der Waals surface area contributed by atoms with Crippen molar-refractivity contribution in [1.29, 1.82) is 0 Å². The van der Waals surface area contributed by atoms with Gasteiger partial charge in [0.15, 0.2) is 5.78 Å². The largest absolute Gasteiger partial charge is 0.393 e. The SMILES string of the molecule is C[C@]12CC[C@H]3[C@@H](CC[C@]4(Cl)[C@@H]3CCC(=O)[C@@H]4Cl)[C@@H]1CC[C@@H]2O. The summed E-state index contributed by atoms with van der Waals surface area (Å²) in [6.45, 7) is 2.29. The maximum atomic E-state index is 12.0. The van der Waals surface area contributed by atoms with Crippen LogP contribution in [0.1, 0.15) is 58.3 Å². The highest BCUT2D eigenvalue weighted by molar-refractivity contribution is 6.40. The van der Waals surface area contributed by atoms with Crippen molar-refractivity contribution in [2.45, 2.75) is 74.6 Å². The van der Waals surface area contributed by atoms with Gasteiger partial charge in [0.05, 0.1) is 11.0 Å². The lowest BCUT2D eigenvalue weighted by molar-refractivity contribution is -0.126. The van der Waals surface area contributed by atoms with Crippen LogP contribution >= 0.6 is 23.2 Å². The van der Waals surface area contributed by atoms with E-state index in [1.165, 1.54) is 0 Å². The maximum Gasteiger partial charge on any atom is 0.152 e. The van der Waals surface area contributed by atoms with Crippen LogP contribution in [0.4, 0.5) is 0 Å². The van der Waals surface area contributed by atoms with Crippen molar-refractivity contribution in [2.75, 3.05) is 0 Å². The first-order valence-electron chi connectivity index (χ1n) is 8.91. The van der Waals surface area contributed by atoms with Crippen molar-refractivity contribution in [3.8, 4) is 0 Å². The number of fused-ring (bicyclic) bond motifs is 5. The fourth-order valence-electron chi connectivity index (χ4n) is 6.59. The first-order chi connectivity index (χ1) is 10.4. The summed E-state index contributed by atoms with van der Waals surface area (Å²) >= 11 is 13.4. The Morgan fingerprint density at radius 3 is 2.50 bits per heavy atom. The van der Waals surface area contributed by atoms with Gasteiger partial charge in [-0.3, -0.25) is 4.79 Å². The number of halogens is 2. The zero-order chi connectivity index (χ0) is 15.7. The van der Waals surface area contributed by atoms with Crippen LogP contribution in [-0.4, -0.2) is 27.2 Å². The number of hydrogen-bond acceptors (Lipinski definition) is 2. The van der Waals surface area contributed by atoms with E-state index in [9.17, 15) is 9.90 Å². The van der Waals surface area contributed by atoms with Gasteiger partial charge in [0, 0.05) is 6.42 Å². The predicted molar refractivity (Wildman–Crippen MR) is 88.2 cm³/mol. The first kappa shape index (κ1) is 15.7. The third-order valence-electron chi connectivity index (χ3n) is 7.84. The highest BCUT2D eigenvalue weighted by Crippen LogP contribution is 2.64. The molecule has 124 valence electrons. The highest BCUT2D eigenvalue weighted by Gasteiger charge is 2.61. The average molecular weight is 345 g/mol. The number of hydrogen-bond donors (Lipinski definition) is 1. The van der Waals surface area contributed by atoms with E-state index in [0.29, 0.717) is 30.1 Å². The molecule has 0 bridgehead atoms. The molecule has 4 rings (SSSR count). The summed E-state index contributed by atoms with van der Waals surface area (Å²) in [4.78, 5) is 11.5.